The van der Waals surface area contributed by atoms with Crippen LogP contribution in [0.4, 0.5) is 11.4 Å². The van der Waals surface area contributed by atoms with E-state index in [0.717, 1.165) is 43.8 Å². The summed E-state index contributed by atoms with van der Waals surface area (Å²) in [5.41, 5.74) is 3.85. The van der Waals surface area contributed by atoms with Crippen molar-refractivity contribution in [3.05, 3.63) is 105 Å². The number of methoxy groups -OCH3 is 2. The van der Waals surface area contributed by atoms with E-state index in [-0.39, 0.29) is 71.4 Å². The molecule has 16 nitrogen and oxygen atoms in total. The van der Waals surface area contributed by atoms with Gasteiger partial charge >= 0.3 is 0 Å². The average Bonchev–Trinajstić information content (AvgIpc) is 4.23. The number of rotatable bonds is 18. The molecule has 0 saturated heterocycles. The molecule has 2 fully saturated rings. The summed E-state index contributed by atoms with van der Waals surface area (Å²) in [7, 11) is -3.87. The van der Waals surface area contributed by atoms with Gasteiger partial charge in [-0.3, -0.25) is 19.2 Å². The molecule has 0 bridgehead atoms. The number of nitrogens with zero attached hydrogens (tertiary/aromatic N) is 2. The molecule has 2 heterocycles. The van der Waals surface area contributed by atoms with Crippen LogP contribution in [0.15, 0.2) is 71.2 Å². The Balaban J connectivity index is 0.000000201. The van der Waals surface area contributed by atoms with Gasteiger partial charge in [-0.25, -0.2) is 16.8 Å². The van der Waals surface area contributed by atoms with Crippen LogP contribution in [0.2, 0.25) is 0 Å². The van der Waals surface area contributed by atoms with Crippen LogP contribution in [0.1, 0.15) is 96.0 Å². The third-order valence-electron chi connectivity index (χ3n) is 11.8. The Kier molecular flexibility index (Phi) is 14.5. The first-order valence-electron chi connectivity index (χ1n) is 22.4. The summed E-state index contributed by atoms with van der Waals surface area (Å²) in [6.45, 7) is 4.86. The summed E-state index contributed by atoms with van der Waals surface area (Å²) < 4.78 is 80.4. The molecule has 0 radical (unpaired) electrons. The Morgan fingerprint density at radius 2 is 1.16 bits per heavy atom. The van der Waals surface area contributed by atoms with Gasteiger partial charge in [-0.2, -0.15) is 0 Å². The number of nitrogens with one attached hydrogen (secondary N) is 2. The van der Waals surface area contributed by atoms with Crippen LogP contribution in [0.3, 0.4) is 0 Å². The maximum absolute atomic E-state index is 13.7. The van der Waals surface area contributed by atoms with E-state index in [1.807, 2.05) is 19.9 Å². The van der Waals surface area contributed by atoms with Gasteiger partial charge in [0.25, 0.3) is 11.8 Å². The van der Waals surface area contributed by atoms with Crippen LogP contribution in [0.25, 0.3) is 0 Å². The summed E-state index contributed by atoms with van der Waals surface area (Å²) in [4.78, 5) is 55.2. The van der Waals surface area contributed by atoms with Crippen molar-refractivity contribution in [3.8, 4) is 23.0 Å². The van der Waals surface area contributed by atoms with E-state index in [1.165, 1.54) is 19.1 Å². The first-order valence-corrected chi connectivity index (χ1v) is 26.8. The first-order chi connectivity index (χ1) is 32.2. The van der Waals surface area contributed by atoms with E-state index < -0.39 is 37.7 Å². The molecule has 0 unspecified atom stereocenters. The van der Waals surface area contributed by atoms with E-state index in [4.69, 9.17) is 20.3 Å². The molecule has 2 atom stereocenters. The fraction of sp³-hybridized carbons (Fsp3) is 0.417. The molecule has 4 amide bonds. The third-order valence-corrected chi connectivity index (χ3v) is 14.3. The normalized spacial score (nSPS) is 16.5. The lowest BCUT2D eigenvalue weighted by atomic mass is 10.1. The number of hydrogen-bond acceptors (Lipinski definition) is 12. The topological polar surface area (TPSA) is 204 Å². The van der Waals surface area contributed by atoms with Crippen molar-refractivity contribution in [2.24, 2.45) is 11.8 Å². The van der Waals surface area contributed by atoms with Crippen LogP contribution in [-0.4, -0.2) is 102 Å². The molecule has 4 aromatic rings. The molecule has 19 heteroatoms. The van der Waals surface area contributed by atoms with Gasteiger partial charge in [-0.05, 0) is 114 Å². The minimum Gasteiger partial charge on any atom is -0.493 e. The molecule has 0 aromatic heterocycles. The number of amides is 4. The van der Waals surface area contributed by atoms with Gasteiger partial charge in [-0.15, -0.1) is 0 Å². The van der Waals surface area contributed by atoms with Crippen molar-refractivity contribution >= 4 is 70.6 Å². The summed E-state index contributed by atoms with van der Waals surface area (Å²) in [5, 5.41) is 5.67. The number of carbonyl (C=O) groups excluding carboxylic acids is 4. The van der Waals surface area contributed by atoms with Gasteiger partial charge in [0.1, 0.15) is 19.7 Å². The van der Waals surface area contributed by atoms with Crippen LogP contribution in [0, 0.1) is 11.8 Å². The van der Waals surface area contributed by atoms with Crippen molar-refractivity contribution in [1.29, 1.82) is 0 Å². The molecular weight excluding hydrogens is 969 g/mol. The molecule has 8 rings (SSSR count). The molecule has 0 spiro atoms. The van der Waals surface area contributed by atoms with E-state index in [9.17, 15) is 36.0 Å². The number of fused-ring (bicyclic) bond motifs is 2. The monoisotopic (exact) mass is 1020 g/mol. The lowest BCUT2D eigenvalue weighted by molar-refractivity contribution is -0.118. The highest BCUT2D eigenvalue weighted by atomic mass is 79.9. The highest BCUT2D eigenvalue weighted by molar-refractivity contribution is 9.10. The van der Waals surface area contributed by atoms with Gasteiger partial charge in [0.05, 0.1) is 74.9 Å². The fourth-order valence-electron chi connectivity index (χ4n) is 8.22. The number of carbonyl (C=O) groups is 4. The van der Waals surface area contributed by atoms with E-state index in [1.54, 1.807) is 59.5 Å². The minimum atomic E-state index is -3.47. The summed E-state index contributed by atoms with van der Waals surface area (Å²) >= 11 is 3.46. The number of ether oxygens (including phenoxy) is 4. The second-order valence-corrected chi connectivity index (χ2v) is 22.2. The lowest BCUT2D eigenvalue weighted by Crippen LogP contribution is -2.34. The predicted molar refractivity (Wildman–Crippen MR) is 256 cm³/mol. The maximum Gasteiger partial charge on any atom is 0.257 e. The molecule has 2 aliphatic carbocycles. The molecule has 2 N–H and O–H groups in total. The number of hydrogen-bond donors (Lipinski definition) is 2. The Hall–Kier alpha value is -5.66. The zero-order valence-electron chi connectivity index (χ0n) is 39.1. The SMILES string of the molecule is CCOc1cc([C@@H](CS(C)(=O)=O)N2Cc3ccc(Br)c(NC(=O)C4CC4)c3C2=O)ccc1OC.[2H]c1ccc2c(c1NC(=O)C1CC1)C(=O)N([C@H](CS(C)(=O)=O)c1ccc(OC)c(OCC)c1)C2. The highest BCUT2D eigenvalue weighted by Crippen LogP contribution is 2.43. The predicted octanol–water partition coefficient (Wildman–Crippen LogP) is 7.13. The first kappa shape index (κ1) is 47.8. The van der Waals surface area contributed by atoms with E-state index in [2.05, 4.69) is 26.6 Å². The number of sulfone groups is 2. The molecular formula is C48H55BrN4O12S2. The maximum atomic E-state index is 13.7. The van der Waals surface area contributed by atoms with Crippen molar-refractivity contribution in [2.45, 2.75) is 64.7 Å². The smallest absolute Gasteiger partial charge is 0.257 e. The molecule has 2 aliphatic heterocycles. The minimum absolute atomic E-state index is 0.0235. The molecule has 4 aliphatic rings. The largest absolute Gasteiger partial charge is 0.493 e. The van der Waals surface area contributed by atoms with Crippen LogP contribution < -0.4 is 29.6 Å². The quantitative estimate of drug-likeness (QED) is 0.102. The van der Waals surface area contributed by atoms with Gasteiger partial charge in [0.2, 0.25) is 11.8 Å². The van der Waals surface area contributed by atoms with Crippen molar-refractivity contribution in [3.63, 3.8) is 0 Å². The van der Waals surface area contributed by atoms with Crippen LogP contribution >= 0.6 is 15.9 Å². The van der Waals surface area contributed by atoms with Gasteiger partial charge < -0.3 is 39.4 Å². The zero-order valence-corrected chi connectivity index (χ0v) is 41.4. The second-order valence-electron chi connectivity index (χ2n) is 17.0. The lowest BCUT2D eigenvalue weighted by Gasteiger charge is -2.28. The number of anilines is 2. The molecule has 4 aromatic carbocycles. The van der Waals surface area contributed by atoms with Crippen LogP contribution in [0.5, 0.6) is 23.0 Å². The van der Waals surface area contributed by atoms with E-state index >= 15 is 0 Å². The molecule has 2 saturated carbocycles. The Morgan fingerprint density at radius 3 is 1.61 bits per heavy atom. The molecule has 67 heavy (non-hydrogen) atoms. The summed E-state index contributed by atoms with van der Waals surface area (Å²) in [6.07, 6.45) is 5.56. The second kappa shape index (κ2) is 20.3. The number of halogens is 1. The summed E-state index contributed by atoms with van der Waals surface area (Å²) in [5.74, 6) is 0.252. The third kappa shape index (κ3) is 11.6. The average molecular weight is 1030 g/mol. The Morgan fingerprint density at radius 1 is 0.701 bits per heavy atom. The van der Waals surface area contributed by atoms with Gasteiger partial charge in [0, 0.05) is 41.9 Å². The molecule has 358 valence electrons. The van der Waals surface area contributed by atoms with Gasteiger partial charge in [-0.1, -0.05) is 30.3 Å². The standard InChI is InChI=1S/C24H27BrN2O6S.C24H28N2O6S/c1-4-33-20-11-15(8-10-19(20)32-2)18(13-34(3,30)31)27-12-16-7-9-17(25)22(21(16)24(27)29)26-23(28)14-5-6-14;1-4-32-21-12-16(10-11-20(21)31-2)19(14-33(3,29)30)26-13-17-6-5-7-18(22(17)24(26)28)25-23(27)15-8-9-15/h7-11,14,18H,4-6,12-13H2,1-3H3,(H,26,28);5-7,10-12,15,19H,4,8-9,13-14H2,1-3H3,(H,25,27)/t18-;19-/m11/s1/i;7D. The van der Waals surface area contributed by atoms with E-state index in [0.29, 0.717) is 68.6 Å². The Bertz CT molecular complexity index is 2680. The van der Waals surface area contributed by atoms with Crippen LogP contribution in [-0.2, 0) is 42.4 Å². The summed E-state index contributed by atoms with van der Waals surface area (Å²) in [6, 6.07) is 15.6. The highest BCUT2D eigenvalue weighted by Gasteiger charge is 2.41. The zero-order chi connectivity index (χ0) is 49.2. The van der Waals surface area contributed by atoms with Crippen molar-refractivity contribution < 1.29 is 56.3 Å². The van der Waals surface area contributed by atoms with Crippen molar-refractivity contribution in [2.75, 3.05) is 62.1 Å². The van der Waals surface area contributed by atoms with Gasteiger partial charge in [0.15, 0.2) is 23.0 Å². The van der Waals surface area contributed by atoms with Crippen molar-refractivity contribution in [1.82, 2.24) is 9.80 Å². The Labute approximate surface area is 401 Å². The number of benzene rings is 4. The fourth-order valence-corrected chi connectivity index (χ4v) is 10.5.